The second-order valence-electron chi connectivity index (χ2n) is 10.2. The summed E-state index contributed by atoms with van der Waals surface area (Å²) in [5.74, 6) is -1.10. The summed E-state index contributed by atoms with van der Waals surface area (Å²) < 4.78 is 39.4. The molecule has 0 aromatic heterocycles. The van der Waals surface area contributed by atoms with Crippen molar-refractivity contribution in [3.05, 3.63) is 89.5 Å². The van der Waals surface area contributed by atoms with Crippen LogP contribution in [0.15, 0.2) is 72.8 Å². The van der Waals surface area contributed by atoms with Crippen molar-refractivity contribution >= 4 is 11.7 Å². The number of carbonyl (C=O) groups is 1. The lowest BCUT2D eigenvalue weighted by atomic mass is 9.88. The fourth-order valence-electron chi connectivity index (χ4n) is 4.39. The molecule has 0 saturated carbocycles. The zero-order valence-electron chi connectivity index (χ0n) is 21.2. The highest BCUT2D eigenvalue weighted by molar-refractivity contribution is 5.79. The summed E-state index contributed by atoms with van der Waals surface area (Å²) in [4.78, 5) is 14.5. The molecule has 0 spiro atoms. The highest BCUT2D eigenvalue weighted by Crippen LogP contribution is 2.36. The molecule has 0 bridgehead atoms. The fraction of sp³-hybridized carbons (Fsp3) is 0.367. The maximum atomic E-state index is 13.1. The molecule has 6 heteroatoms. The van der Waals surface area contributed by atoms with Gasteiger partial charge in [-0.15, -0.1) is 0 Å². The zero-order chi connectivity index (χ0) is 26.5. The van der Waals surface area contributed by atoms with Gasteiger partial charge in [-0.3, -0.25) is 4.79 Å². The van der Waals surface area contributed by atoms with Crippen LogP contribution >= 0.6 is 0 Å². The molecule has 0 aliphatic rings. The summed E-state index contributed by atoms with van der Waals surface area (Å²) in [6, 6.07) is 20.8. The second kappa shape index (κ2) is 11.6. The molecule has 3 rings (SSSR count). The van der Waals surface area contributed by atoms with Gasteiger partial charge in [-0.1, -0.05) is 76.2 Å². The molecule has 0 heterocycles. The maximum Gasteiger partial charge on any atom is 0.416 e. The van der Waals surface area contributed by atoms with E-state index in [1.54, 1.807) is 0 Å². The van der Waals surface area contributed by atoms with Crippen LogP contribution < -0.4 is 4.90 Å². The molecule has 36 heavy (non-hydrogen) atoms. The van der Waals surface area contributed by atoms with E-state index in [-0.39, 0.29) is 5.92 Å². The lowest BCUT2D eigenvalue weighted by Crippen LogP contribution is -2.27. The van der Waals surface area contributed by atoms with Crippen LogP contribution in [0.1, 0.15) is 56.7 Å². The Kier molecular flexibility index (Phi) is 8.83. The van der Waals surface area contributed by atoms with Gasteiger partial charge in [0.15, 0.2) is 0 Å². The lowest BCUT2D eigenvalue weighted by molar-refractivity contribution is -0.139. The van der Waals surface area contributed by atoms with Crippen LogP contribution in [0.2, 0.25) is 0 Å². The molecular formula is C30H34F3NO2. The van der Waals surface area contributed by atoms with Crippen LogP contribution in [-0.2, 0) is 17.5 Å². The Morgan fingerprint density at radius 1 is 0.861 bits per heavy atom. The van der Waals surface area contributed by atoms with E-state index >= 15 is 0 Å². The number of carboxylic acids is 1. The third-order valence-electron chi connectivity index (χ3n) is 6.06. The van der Waals surface area contributed by atoms with Gasteiger partial charge in [0, 0.05) is 18.8 Å². The maximum absolute atomic E-state index is 13.1. The minimum Gasteiger partial charge on any atom is -0.481 e. The topological polar surface area (TPSA) is 40.5 Å². The van der Waals surface area contributed by atoms with Gasteiger partial charge in [0.05, 0.1) is 11.5 Å². The number of carboxylic acid groups (broad SMARTS) is 1. The SMILES string of the molecule is CC(C)CC(C(=O)O)c1cc(-c2ccc(C(F)(F)F)cc2)cc(N(Cc2ccccc2)CC(C)C)c1. The Morgan fingerprint density at radius 2 is 1.50 bits per heavy atom. The Balaban J connectivity index is 2.14. The first-order valence-electron chi connectivity index (χ1n) is 12.3. The van der Waals surface area contributed by atoms with Gasteiger partial charge in [0.1, 0.15) is 0 Å². The standard InChI is InChI=1S/C30H34F3NO2/c1-20(2)14-28(29(35)36)25-15-24(23-10-12-26(13-11-23)30(31,32)33)16-27(17-25)34(18-21(3)4)19-22-8-6-5-7-9-22/h5-13,15-17,20-21,28H,14,18-19H2,1-4H3,(H,35,36). The number of alkyl halides is 3. The third-order valence-corrected chi connectivity index (χ3v) is 6.06. The van der Waals surface area contributed by atoms with Gasteiger partial charge in [-0.25, -0.2) is 0 Å². The van der Waals surface area contributed by atoms with Crippen LogP contribution in [0.3, 0.4) is 0 Å². The zero-order valence-corrected chi connectivity index (χ0v) is 21.2. The molecule has 192 valence electrons. The monoisotopic (exact) mass is 497 g/mol. The van der Waals surface area contributed by atoms with Crippen molar-refractivity contribution in [1.29, 1.82) is 0 Å². The number of rotatable bonds is 10. The second-order valence-corrected chi connectivity index (χ2v) is 10.2. The first-order valence-corrected chi connectivity index (χ1v) is 12.3. The van der Waals surface area contributed by atoms with Crippen molar-refractivity contribution in [2.45, 2.75) is 52.8 Å². The molecule has 3 nitrogen and oxygen atoms in total. The van der Waals surface area contributed by atoms with Crippen molar-refractivity contribution < 1.29 is 23.1 Å². The highest BCUT2D eigenvalue weighted by Gasteiger charge is 2.30. The molecule has 1 unspecified atom stereocenters. The molecule has 0 radical (unpaired) electrons. The molecule has 1 N–H and O–H groups in total. The van der Waals surface area contributed by atoms with Crippen LogP contribution in [0.4, 0.5) is 18.9 Å². The predicted octanol–water partition coefficient (Wildman–Crippen LogP) is 8.25. The van der Waals surface area contributed by atoms with Gasteiger partial charge >= 0.3 is 12.1 Å². The Morgan fingerprint density at radius 3 is 2.03 bits per heavy atom. The number of nitrogens with zero attached hydrogens (tertiary/aromatic N) is 1. The molecule has 0 fully saturated rings. The average Bonchev–Trinajstić information content (AvgIpc) is 2.81. The molecular weight excluding hydrogens is 463 g/mol. The van der Waals surface area contributed by atoms with Crippen molar-refractivity contribution in [1.82, 2.24) is 0 Å². The van der Waals surface area contributed by atoms with Crippen LogP contribution in [0, 0.1) is 11.8 Å². The van der Waals surface area contributed by atoms with E-state index in [0.29, 0.717) is 35.6 Å². The number of anilines is 1. The quantitative estimate of drug-likeness (QED) is 0.307. The van der Waals surface area contributed by atoms with E-state index in [4.69, 9.17) is 0 Å². The van der Waals surface area contributed by atoms with Crippen molar-refractivity contribution in [2.75, 3.05) is 11.4 Å². The minimum atomic E-state index is -4.42. The largest absolute Gasteiger partial charge is 0.481 e. The summed E-state index contributed by atoms with van der Waals surface area (Å²) in [7, 11) is 0. The van der Waals surface area contributed by atoms with Crippen molar-refractivity contribution in [3.63, 3.8) is 0 Å². The third kappa shape index (κ3) is 7.36. The number of halogens is 3. The normalized spacial score (nSPS) is 12.7. The Hall–Kier alpha value is -3.28. The van der Waals surface area contributed by atoms with Gasteiger partial charge in [0.25, 0.3) is 0 Å². The summed E-state index contributed by atoms with van der Waals surface area (Å²) >= 11 is 0. The summed E-state index contributed by atoms with van der Waals surface area (Å²) in [6.45, 7) is 9.59. The number of benzene rings is 3. The summed E-state index contributed by atoms with van der Waals surface area (Å²) in [6.07, 6.45) is -3.95. The van der Waals surface area contributed by atoms with Crippen LogP contribution in [0.25, 0.3) is 11.1 Å². The summed E-state index contributed by atoms with van der Waals surface area (Å²) in [5, 5.41) is 10.0. The van der Waals surface area contributed by atoms with Crippen LogP contribution in [0.5, 0.6) is 0 Å². The van der Waals surface area contributed by atoms with Gasteiger partial charge in [-0.05, 0) is 64.8 Å². The molecule has 0 amide bonds. The minimum absolute atomic E-state index is 0.167. The van der Waals surface area contributed by atoms with Crippen LogP contribution in [-0.4, -0.2) is 17.6 Å². The van der Waals surface area contributed by atoms with Crippen molar-refractivity contribution in [2.24, 2.45) is 11.8 Å². The molecule has 0 aliphatic heterocycles. The predicted molar refractivity (Wildman–Crippen MR) is 139 cm³/mol. The molecule has 0 aliphatic carbocycles. The average molecular weight is 498 g/mol. The summed E-state index contributed by atoms with van der Waals surface area (Å²) in [5.41, 5.74) is 3.24. The molecule has 1 atom stereocenters. The molecule has 3 aromatic rings. The number of aliphatic carboxylic acids is 1. The number of hydrogen-bond donors (Lipinski definition) is 1. The Bertz CT molecular complexity index is 1140. The smallest absolute Gasteiger partial charge is 0.416 e. The highest BCUT2D eigenvalue weighted by atomic mass is 19.4. The first kappa shape index (κ1) is 27.3. The van der Waals surface area contributed by atoms with E-state index in [2.05, 4.69) is 18.7 Å². The van der Waals surface area contributed by atoms with Crippen molar-refractivity contribution in [3.8, 4) is 11.1 Å². The molecule has 0 saturated heterocycles. The molecule has 3 aromatic carbocycles. The van der Waals surface area contributed by atoms with E-state index in [9.17, 15) is 23.1 Å². The van der Waals surface area contributed by atoms with E-state index in [1.807, 2.05) is 62.4 Å². The lowest BCUT2D eigenvalue weighted by Gasteiger charge is -2.29. The van der Waals surface area contributed by atoms with Gasteiger partial charge in [-0.2, -0.15) is 13.2 Å². The Labute approximate surface area is 211 Å². The van der Waals surface area contributed by atoms with E-state index in [1.165, 1.54) is 12.1 Å². The fourth-order valence-corrected chi connectivity index (χ4v) is 4.39. The van der Waals surface area contributed by atoms with E-state index < -0.39 is 23.6 Å². The number of hydrogen-bond acceptors (Lipinski definition) is 2. The van der Waals surface area contributed by atoms with Gasteiger partial charge in [0.2, 0.25) is 0 Å². The van der Waals surface area contributed by atoms with E-state index in [0.717, 1.165) is 29.9 Å². The van der Waals surface area contributed by atoms with Gasteiger partial charge < -0.3 is 10.0 Å². The first-order chi connectivity index (χ1) is 16.9.